The Balaban J connectivity index is 1.59. The van der Waals surface area contributed by atoms with Gasteiger partial charge in [-0.05, 0) is 24.6 Å². The van der Waals surface area contributed by atoms with Crippen LogP contribution in [-0.2, 0) is 4.79 Å². The van der Waals surface area contributed by atoms with Crippen molar-refractivity contribution in [2.75, 3.05) is 32.8 Å². The molecule has 2 fully saturated rings. The summed E-state index contributed by atoms with van der Waals surface area (Å²) in [6.07, 6.45) is 0.704. The van der Waals surface area contributed by atoms with Gasteiger partial charge in [0.1, 0.15) is 5.75 Å². The molecule has 23 heavy (non-hydrogen) atoms. The Hall–Kier alpha value is -2.12. The van der Waals surface area contributed by atoms with Crippen LogP contribution >= 0.6 is 0 Å². The molecule has 1 atom stereocenters. The number of amides is 2. The number of hydrogen-bond acceptors (Lipinski definition) is 5. The van der Waals surface area contributed by atoms with E-state index in [-0.39, 0.29) is 18.6 Å². The van der Waals surface area contributed by atoms with Crippen LogP contribution in [0.5, 0.6) is 5.75 Å². The van der Waals surface area contributed by atoms with Crippen LogP contribution in [0.25, 0.3) is 0 Å². The van der Waals surface area contributed by atoms with Crippen molar-refractivity contribution in [3.05, 3.63) is 29.8 Å². The highest BCUT2D eigenvalue weighted by molar-refractivity contribution is 5.94. The van der Waals surface area contributed by atoms with Crippen LogP contribution in [0.2, 0.25) is 0 Å². The molecule has 0 spiro atoms. The number of primary amides is 1. The van der Waals surface area contributed by atoms with E-state index in [1.807, 2.05) is 4.90 Å². The molecule has 2 saturated heterocycles. The predicted octanol–water partition coefficient (Wildman–Crippen LogP) is -0.558. The number of nitrogens with zero attached hydrogens (tertiary/aromatic N) is 2. The molecule has 0 bridgehead atoms. The topological polar surface area (TPSA) is 96.1 Å². The van der Waals surface area contributed by atoms with Gasteiger partial charge in [0.25, 0.3) is 11.8 Å². The zero-order chi connectivity index (χ0) is 16.4. The van der Waals surface area contributed by atoms with Gasteiger partial charge in [0.15, 0.2) is 6.61 Å². The molecule has 1 aromatic carbocycles. The molecule has 1 aromatic rings. The Labute approximate surface area is 134 Å². The van der Waals surface area contributed by atoms with Crippen molar-refractivity contribution in [3.63, 3.8) is 0 Å². The number of aliphatic hydroxyl groups excluding tert-OH is 1. The molecule has 0 aliphatic carbocycles. The van der Waals surface area contributed by atoms with Crippen molar-refractivity contribution in [1.29, 1.82) is 0 Å². The highest BCUT2D eigenvalue weighted by Gasteiger charge is 2.36. The SMILES string of the molecule is NC(=O)COc1cccc(C(=O)N2CCC(N3CC(O)C3)C2)c1. The fourth-order valence-electron chi connectivity index (χ4n) is 3.07. The fraction of sp³-hybridized carbons (Fsp3) is 0.500. The van der Waals surface area contributed by atoms with Crippen LogP contribution in [-0.4, -0.2) is 71.7 Å². The molecule has 1 unspecified atom stereocenters. The predicted molar refractivity (Wildman–Crippen MR) is 83.0 cm³/mol. The van der Waals surface area contributed by atoms with Crippen molar-refractivity contribution in [2.24, 2.45) is 5.73 Å². The van der Waals surface area contributed by atoms with Gasteiger partial charge in [-0.25, -0.2) is 0 Å². The van der Waals surface area contributed by atoms with E-state index in [4.69, 9.17) is 10.5 Å². The Bertz CT molecular complexity index is 601. The van der Waals surface area contributed by atoms with E-state index in [9.17, 15) is 14.7 Å². The van der Waals surface area contributed by atoms with Crippen molar-refractivity contribution in [2.45, 2.75) is 18.6 Å². The summed E-state index contributed by atoms with van der Waals surface area (Å²) in [7, 11) is 0. The van der Waals surface area contributed by atoms with Crippen molar-refractivity contribution in [1.82, 2.24) is 9.80 Å². The van der Waals surface area contributed by atoms with E-state index in [1.165, 1.54) is 0 Å². The van der Waals surface area contributed by atoms with Gasteiger partial charge in [0.2, 0.25) is 0 Å². The minimum absolute atomic E-state index is 0.0434. The number of β-amino-alcohol motifs (C(OH)–C–C–N with tert-alkyl or cyclic N) is 1. The van der Waals surface area contributed by atoms with Gasteiger partial charge in [0, 0.05) is 37.8 Å². The van der Waals surface area contributed by atoms with Crippen LogP contribution < -0.4 is 10.5 Å². The van der Waals surface area contributed by atoms with Crippen LogP contribution in [0.4, 0.5) is 0 Å². The van der Waals surface area contributed by atoms with E-state index in [2.05, 4.69) is 4.90 Å². The van der Waals surface area contributed by atoms with Crippen molar-refractivity contribution >= 4 is 11.8 Å². The molecular weight excluding hydrogens is 298 g/mol. The zero-order valence-electron chi connectivity index (χ0n) is 12.9. The minimum atomic E-state index is -0.555. The van der Waals surface area contributed by atoms with Gasteiger partial charge in [0.05, 0.1) is 6.10 Å². The first-order valence-corrected chi connectivity index (χ1v) is 7.75. The van der Waals surface area contributed by atoms with E-state index < -0.39 is 5.91 Å². The van der Waals surface area contributed by atoms with Crippen LogP contribution in [0.1, 0.15) is 16.8 Å². The van der Waals surface area contributed by atoms with E-state index in [0.29, 0.717) is 43.5 Å². The Morgan fingerprint density at radius 2 is 2.09 bits per heavy atom. The average Bonchev–Trinajstić information content (AvgIpc) is 2.99. The van der Waals surface area contributed by atoms with Gasteiger partial charge < -0.3 is 20.5 Å². The standard InChI is InChI=1S/C16H21N3O4/c17-15(21)10-23-14-3-1-2-11(6-14)16(22)18-5-4-12(7-18)19-8-13(20)9-19/h1-3,6,12-13,20H,4-5,7-10H2,(H2,17,21). The number of nitrogens with two attached hydrogens (primary N) is 1. The number of benzene rings is 1. The summed E-state index contributed by atoms with van der Waals surface area (Å²) in [6, 6.07) is 7.11. The first-order chi connectivity index (χ1) is 11.0. The molecule has 7 heteroatoms. The highest BCUT2D eigenvalue weighted by Crippen LogP contribution is 2.23. The average molecular weight is 319 g/mol. The van der Waals surface area contributed by atoms with E-state index in [1.54, 1.807) is 24.3 Å². The highest BCUT2D eigenvalue weighted by atomic mass is 16.5. The monoisotopic (exact) mass is 319 g/mol. The lowest BCUT2D eigenvalue weighted by Gasteiger charge is -2.40. The molecule has 0 aromatic heterocycles. The molecule has 0 saturated carbocycles. The first kappa shape index (κ1) is 15.8. The lowest BCUT2D eigenvalue weighted by molar-refractivity contribution is -0.119. The molecule has 0 radical (unpaired) electrons. The van der Waals surface area contributed by atoms with Crippen molar-refractivity contribution in [3.8, 4) is 5.75 Å². The number of aliphatic hydroxyl groups is 1. The molecule has 7 nitrogen and oxygen atoms in total. The Morgan fingerprint density at radius 1 is 1.30 bits per heavy atom. The lowest BCUT2D eigenvalue weighted by atomic mass is 10.1. The Kier molecular flexibility index (Phi) is 4.49. The third-order valence-electron chi connectivity index (χ3n) is 4.32. The van der Waals surface area contributed by atoms with Crippen LogP contribution in [0.15, 0.2) is 24.3 Å². The molecule has 2 aliphatic rings. The van der Waals surface area contributed by atoms with Gasteiger partial charge in [-0.2, -0.15) is 0 Å². The maximum Gasteiger partial charge on any atom is 0.255 e. The molecule has 2 amide bonds. The Morgan fingerprint density at radius 3 is 2.78 bits per heavy atom. The minimum Gasteiger partial charge on any atom is -0.484 e. The second-order valence-corrected chi connectivity index (χ2v) is 6.08. The molecule has 124 valence electrons. The summed E-state index contributed by atoms with van der Waals surface area (Å²) in [4.78, 5) is 27.4. The number of rotatable bonds is 5. The number of likely N-dealkylation sites (tertiary alicyclic amines) is 2. The van der Waals surface area contributed by atoms with Crippen molar-refractivity contribution < 1.29 is 19.4 Å². The largest absolute Gasteiger partial charge is 0.484 e. The summed E-state index contributed by atoms with van der Waals surface area (Å²) < 4.78 is 5.24. The molecular formula is C16H21N3O4. The number of ether oxygens (including phenoxy) is 1. The molecule has 2 heterocycles. The van der Waals surface area contributed by atoms with Gasteiger partial charge in [-0.15, -0.1) is 0 Å². The summed E-state index contributed by atoms with van der Waals surface area (Å²) in [6.45, 7) is 2.58. The van der Waals surface area contributed by atoms with Gasteiger partial charge >= 0.3 is 0 Å². The maximum absolute atomic E-state index is 12.6. The maximum atomic E-state index is 12.6. The fourth-order valence-corrected chi connectivity index (χ4v) is 3.07. The zero-order valence-corrected chi connectivity index (χ0v) is 12.9. The molecule has 3 N–H and O–H groups in total. The molecule has 2 aliphatic heterocycles. The summed E-state index contributed by atoms with van der Waals surface area (Å²) in [5, 5.41) is 9.38. The third-order valence-corrected chi connectivity index (χ3v) is 4.32. The number of carbonyl (C=O) groups is 2. The smallest absolute Gasteiger partial charge is 0.255 e. The first-order valence-electron chi connectivity index (χ1n) is 7.75. The van der Waals surface area contributed by atoms with Crippen LogP contribution in [0, 0.1) is 0 Å². The molecule has 3 rings (SSSR count). The van der Waals surface area contributed by atoms with Crippen LogP contribution in [0.3, 0.4) is 0 Å². The van der Waals surface area contributed by atoms with E-state index in [0.717, 1.165) is 6.42 Å². The second kappa shape index (κ2) is 6.55. The third kappa shape index (κ3) is 3.62. The van der Waals surface area contributed by atoms with Gasteiger partial charge in [-0.1, -0.05) is 6.07 Å². The summed E-state index contributed by atoms with van der Waals surface area (Å²) in [5.41, 5.74) is 5.59. The normalized spacial score (nSPS) is 22.0. The van der Waals surface area contributed by atoms with E-state index >= 15 is 0 Å². The van der Waals surface area contributed by atoms with Gasteiger partial charge in [-0.3, -0.25) is 14.5 Å². The second-order valence-electron chi connectivity index (χ2n) is 6.08. The number of carbonyl (C=O) groups excluding carboxylic acids is 2. The number of hydrogen-bond donors (Lipinski definition) is 2. The lowest BCUT2D eigenvalue weighted by Crippen LogP contribution is -2.56. The summed E-state index contributed by atoms with van der Waals surface area (Å²) in [5.74, 6) is -0.143. The summed E-state index contributed by atoms with van der Waals surface area (Å²) >= 11 is 0. The quantitative estimate of drug-likeness (QED) is 0.758.